The molecule has 0 radical (unpaired) electrons. The molecule has 1 aromatic carbocycles. The van der Waals surface area contributed by atoms with Crippen molar-refractivity contribution in [2.24, 2.45) is 5.92 Å². The second kappa shape index (κ2) is 7.20. The van der Waals surface area contributed by atoms with Crippen molar-refractivity contribution in [3.63, 3.8) is 0 Å². The van der Waals surface area contributed by atoms with Crippen LogP contribution in [0.4, 0.5) is 5.69 Å². The highest BCUT2D eigenvalue weighted by atomic mass is 16.1. The van der Waals surface area contributed by atoms with Crippen molar-refractivity contribution in [3.8, 4) is 6.07 Å². The van der Waals surface area contributed by atoms with Crippen LogP contribution in [0.5, 0.6) is 0 Å². The third-order valence-electron chi connectivity index (χ3n) is 3.32. The van der Waals surface area contributed by atoms with Gasteiger partial charge < -0.3 is 5.32 Å². The van der Waals surface area contributed by atoms with E-state index in [1.54, 1.807) is 12.4 Å². The quantitative estimate of drug-likeness (QED) is 0.915. The molecule has 21 heavy (non-hydrogen) atoms. The van der Waals surface area contributed by atoms with E-state index < -0.39 is 5.92 Å². The van der Waals surface area contributed by atoms with Gasteiger partial charge in [0.1, 0.15) is 5.92 Å². The molecular formula is C17H17N3O. The molecule has 1 heterocycles. The number of hydrogen-bond acceptors (Lipinski definition) is 3. The fourth-order valence-electron chi connectivity index (χ4n) is 2.12. The number of nitriles is 1. The number of carbonyl (C=O) groups excluding carboxylic acids is 1. The third-order valence-corrected chi connectivity index (χ3v) is 3.32. The summed E-state index contributed by atoms with van der Waals surface area (Å²) in [6.45, 7) is 2.03. The SMILES string of the molecule is CCc1ccccc1NC(=O)[C@@H](C#N)Cc1ccncc1. The van der Waals surface area contributed by atoms with E-state index in [1.807, 2.05) is 43.3 Å². The van der Waals surface area contributed by atoms with Crippen LogP contribution >= 0.6 is 0 Å². The van der Waals surface area contributed by atoms with Gasteiger partial charge in [-0.1, -0.05) is 25.1 Å². The van der Waals surface area contributed by atoms with Crippen LogP contribution < -0.4 is 5.32 Å². The first-order valence-corrected chi connectivity index (χ1v) is 6.92. The number of nitrogens with one attached hydrogen (secondary N) is 1. The zero-order valence-electron chi connectivity index (χ0n) is 11.9. The molecule has 0 bridgehead atoms. The molecule has 0 spiro atoms. The summed E-state index contributed by atoms with van der Waals surface area (Å²) in [6.07, 6.45) is 4.54. The van der Waals surface area contributed by atoms with E-state index in [0.717, 1.165) is 23.2 Å². The number of aromatic nitrogens is 1. The molecule has 4 nitrogen and oxygen atoms in total. The number of nitrogens with zero attached hydrogens (tertiary/aromatic N) is 2. The smallest absolute Gasteiger partial charge is 0.242 e. The number of benzene rings is 1. The summed E-state index contributed by atoms with van der Waals surface area (Å²) in [4.78, 5) is 16.2. The van der Waals surface area contributed by atoms with Crippen LogP contribution in [0.3, 0.4) is 0 Å². The molecule has 0 saturated heterocycles. The highest BCUT2D eigenvalue weighted by molar-refractivity contribution is 5.94. The molecule has 1 atom stereocenters. The van der Waals surface area contributed by atoms with E-state index in [9.17, 15) is 10.1 Å². The molecule has 4 heteroatoms. The summed E-state index contributed by atoms with van der Waals surface area (Å²) in [7, 11) is 0. The van der Waals surface area contributed by atoms with Crippen LogP contribution in [0.1, 0.15) is 18.1 Å². The zero-order valence-corrected chi connectivity index (χ0v) is 11.9. The Hall–Kier alpha value is -2.67. The Morgan fingerprint density at radius 1 is 1.29 bits per heavy atom. The first-order valence-electron chi connectivity index (χ1n) is 6.92. The Balaban J connectivity index is 2.09. The van der Waals surface area contributed by atoms with Crippen LogP contribution in [-0.4, -0.2) is 10.9 Å². The lowest BCUT2D eigenvalue weighted by atomic mass is 10.0. The molecule has 1 amide bonds. The van der Waals surface area contributed by atoms with Gasteiger partial charge >= 0.3 is 0 Å². The van der Waals surface area contributed by atoms with E-state index in [1.165, 1.54) is 0 Å². The molecule has 0 aliphatic rings. The van der Waals surface area contributed by atoms with Crippen molar-refractivity contribution in [1.82, 2.24) is 4.98 Å². The number of rotatable bonds is 5. The fraction of sp³-hybridized carbons (Fsp3) is 0.235. The minimum Gasteiger partial charge on any atom is -0.325 e. The molecule has 0 fully saturated rings. The van der Waals surface area contributed by atoms with E-state index >= 15 is 0 Å². The number of para-hydroxylation sites is 1. The highest BCUT2D eigenvalue weighted by Crippen LogP contribution is 2.17. The molecule has 0 saturated carbocycles. The highest BCUT2D eigenvalue weighted by Gasteiger charge is 2.19. The first-order chi connectivity index (χ1) is 10.2. The van der Waals surface area contributed by atoms with Gasteiger partial charge in [0.15, 0.2) is 0 Å². The number of anilines is 1. The largest absolute Gasteiger partial charge is 0.325 e. The van der Waals surface area contributed by atoms with Crippen LogP contribution in [0.2, 0.25) is 0 Å². The molecule has 106 valence electrons. The Bertz CT molecular complexity index is 647. The van der Waals surface area contributed by atoms with Crippen molar-refractivity contribution < 1.29 is 4.79 Å². The van der Waals surface area contributed by atoms with E-state index in [4.69, 9.17) is 0 Å². The number of hydrogen-bond donors (Lipinski definition) is 1. The summed E-state index contributed by atoms with van der Waals surface area (Å²) < 4.78 is 0. The predicted molar refractivity (Wildman–Crippen MR) is 81.5 cm³/mol. The monoisotopic (exact) mass is 279 g/mol. The lowest BCUT2D eigenvalue weighted by Gasteiger charge is -2.13. The van der Waals surface area contributed by atoms with Crippen molar-refractivity contribution in [3.05, 3.63) is 59.9 Å². The maximum absolute atomic E-state index is 12.3. The van der Waals surface area contributed by atoms with Crippen LogP contribution in [0.25, 0.3) is 0 Å². The van der Waals surface area contributed by atoms with Crippen molar-refractivity contribution in [2.75, 3.05) is 5.32 Å². The Labute approximate surface area is 124 Å². The fourth-order valence-corrected chi connectivity index (χ4v) is 2.12. The minimum absolute atomic E-state index is 0.268. The maximum Gasteiger partial charge on any atom is 0.242 e. The van der Waals surface area contributed by atoms with Gasteiger partial charge in [0.2, 0.25) is 5.91 Å². The Morgan fingerprint density at radius 3 is 2.67 bits per heavy atom. The second-order valence-corrected chi connectivity index (χ2v) is 4.74. The lowest BCUT2D eigenvalue weighted by Crippen LogP contribution is -2.24. The van der Waals surface area contributed by atoms with E-state index in [2.05, 4.69) is 16.4 Å². The summed E-state index contributed by atoms with van der Waals surface area (Å²) >= 11 is 0. The maximum atomic E-state index is 12.3. The van der Waals surface area contributed by atoms with Crippen molar-refractivity contribution >= 4 is 11.6 Å². The molecule has 0 aliphatic heterocycles. The third kappa shape index (κ3) is 3.90. The minimum atomic E-state index is -0.711. The molecular weight excluding hydrogens is 262 g/mol. The number of aryl methyl sites for hydroxylation is 1. The molecule has 1 aromatic heterocycles. The average Bonchev–Trinajstić information content (AvgIpc) is 2.54. The lowest BCUT2D eigenvalue weighted by molar-refractivity contribution is -0.118. The number of carbonyl (C=O) groups is 1. The summed E-state index contributed by atoms with van der Waals surface area (Å²) in [5.41, 5.74) is 2.77. The molecule has 2 rings (SSSR count). The molecule has 2 aromatic rings. The van der Waals surface area contributed by atoms with Gasteiger partial charge in [0.05, 0.1) is 6.07 Å². The topological polar surface area (TPSA) is 65.8 Å². The standard InChI is InChI=1S/C17H17N3O/c1-2-14-5-3-4-6-16(14)20-17(21)15(12-18)11-13-7-9-19-10-8-13/h3-10,15H,2,11H2,1H3,(H,20,21)/t15-/m1/s1. The number of pyridine rings is 1. The van der Waals surface area contributed by atoms with Gasteiger partial charge in [-0.2, -0.15) is 5.26 Å². The van der Waals surface area contributed by atoms with Crippen LogP contribution in [0, 0.1) is 17.2 Å². The predicted octanol–water partition coefficient (Wildman–Crippen LogP) is 2.96. The van der Waals surface area contributed by atoms with E-state index in [0.29, 0.717) is 6.42 Å². The van der Waals surface area contributed by atoms with Gasteiger partial charge in [0.25, 0.3) is 0 Å². The van der Waals surface area contributed by atoms with E-state index in [-0.39, 0.29) is 5.91 Å². The Kier molecular flexibility index (Phi) is 5.05. The van der Waals surface area contributed by atoms with Gasteiger partial charge in [-0.25, -0.2) is 0 Å². The second-order valence-electron chi connectivity index (χ2n) is 4.74. The average molecular weight is 279 g/mol. The Morgan fingerprint density at radius 2 is 2.00 bits per heavy atom. The molecule has 0 unspecified atom stereocenters. The van der Waals surface area contributed by atoms with Crippen LogP contribution in [-0.2, 0) is 17.6 Å². The van der Waals surface area contributed by atoms with Gasteiger partial charge in [-0.3, -0.25) is 9.78 Å². The van der Waals surface area contributed by atoms with Crippen molar-refractivity contribution in [1.29, 1.82) is 5.26 Å². The first kappa shape index (κ1) is 14.7. The molecule has 1 N–H and O–H groups in total. The summed E-state index contributed by atoms with van der Waals surface area (Å²) in [6, 6.07) is 13.4. The zero-order chi connectivity index (χ0) is 15.1. The van der Waals surface area contributed by atoms with Gasteiger partial charge in [-0.15, -0.1) is 0 Å². The molecule has 0 aliphatic carbocycles. The summed E-state index contributed by atoms with van der Waals surface area (Å²) in [5.74, 6) is -0.979. The normalized spacial score (nSPS) is 11.4. The summed E-state index contributed by atoms with van der Waals surface area (Å²) in [5, 5.41) is 12.1. The van der Waals surface area contributed by atoms with Crippen LogP contribution in [0.15, 0.2) is 48.8 Å². The van der Waals surface area contributed by atoms with Crippen molar-refractivity contribution in [2.45, 2.75) is 19.8 Å². The van der Waals surface area contributed by atoms with Gasteiger partial charge in [-0.05, 0) is 42.2 Å². The van der Waals surface area contributed by atoms with Gasteiger partial charge in [0, 0.05) is 18.1 Å². The number of amides is 1.